The number of anilines is 1. The van der Waals surface area contributed by atoms with Gasteiger partial charge in [0.1, 0.15) is 5.75 Å². The average molecular weight is 458 g/mol. The zero-order valence-electron chi connectivity index (χ0n) is 19.0. The molecule has 0 amide bonds. The Hall–Kier alpha value is -2.54. The zero-order valence-corrected chi connectivity index (χ0v) is 19.8. The fourth-order valence-corrected chi connectivity index (χ4v) is 4.74. The van der Waals surface area contributed by atoms with Crippen molar-refractivity contribution in [3.63, 3.8) is 0 Å². The third-order valence-corrected chi connectivity index (χ3v) is 6.96. The van der Waals surface area contributed by atoms with E-state index in [0.717, 1.165) is 17.3 Å². The number of fused-ring (bicyclic) bond motifs is 1. The molecule has 2 N–H and O–H groups in total. The Kier molecular flexibility index (Phi) is 9.41. The number of rotatable bonds is 15. The maximum Gasteiger partial charge on any atom is 0.263 e. The maximum atomic E-state index is 12.7. The summed E-state index contributed by atoms with van der Waals surface area (Å²) in [4.78, 5) is 0.177. The summed E-state index contributed by atoms with van der Waals surface area (Å²) in [5.41, 5.74) is 0.779. The first kappa shape index (κ1) is 24.1. The maximum absolute atomic E-state index is 12.7. The molecule has 3 rings (SSSR count). The molecule has 0 radical (unpaired) electrons. The minimum Gasteiger partial charge on any atom is -0.494 e. The van der Waals surface area contributed by atoms with E-state index in [9.17, 15) is 8.42 Å². The summed E-state index contributed by atoms with van der Waals surface area (Å²) in [6.45, 7) is 2.90. The van der Waals surface area contributed by atoms with E-state index >= 15 is 0 Å². The lowest BCUT2D eigenvalue weighted by atomic mass is 10.1. The second-order valence-corrected chi connectivity index (χ2v) is 9.91. The first-order valence-electron chi connectivity index (χ1n) is 11.8. The van der Waals surface area contributed by atoms with Gasteiger partial charge >= 0.3 is 0 Å². The standard InChI is InChI=1S/C25H35N3O3S/c1-2-3-4-5-6-7-8-9-10-13-20-31-21-16-18-22(19-17-21)32(29,30)28-25-23-14-11-12-15-24(23)26-27-25/h11-12,14-19H,2-10,13,20H2,1H3,(H2,26,27,28). The van der Waals surface area contributed by atoms with Crippen LogP contribution in [0.5, 0.6) is 5.75 Å². The molecule has 0 atom stereocenters. The zero-order chi connectivity index (χ0) is 22.7. The van der Waals surface area contributed by atoms with Crippen LogP contribution < -0.4 is 9.46 Å². The van der Waals surface area contributed by atoms with Crippen molar-refractivity contribution in [1.29, 1.82) is 0 Å². The van der Waals surface area contributed by atoms with Gasteiger partial charge in [0.2, 0.25) is 0 Å². The fourth-order valence-electron chi connectivity index (χ4n) is 3.72. The summed E-state index contributed by atoms with van der Waals surface area (Å²) < 4.78 is 33.7. The van der Waals surface area contributed by atoms with Crippen molar-refractivity contribution >= 4 is 26.7 Å². The molecule has 174 valence electrons. The van der Waals surface area contributed by atoms with Crippen molar-refractivity contribution < 1.29 is 13.2 Å². The highest BCUT2D eigenvalue weighted by molar-refractivity contribution is 7.92. The molecule has 0 saturated heterocycles. The molecule has 0 aliphatic heterocycles. The summed E-state index contributed by atoms with van der Waals surface area (Å²) in [7, 11) is -3.73. The number of ether oxygens (including phenoxy) is 1. The minimum atomic E-state index is -3.73. The number of H-pyrrole nitrogens is 1. The van der Waals surface area contributed by atoms with E-state index in [1.807, 2.05) is 24.3 Å². The number of hydrogen-bond acceptors (Lipinski definition) is 4. The molecule has 0 fully saturated rings. The number of unbranched alkanes of at least 4 members (excludes halogenated alkanes) is 9. The van der Waals surface area contributed by atoms with Gasteiger partial charge < -0.3 is 4.74 Å². The van der Waals surface area contributed by atoms with Crippen molar-refractivity contribution in [2.45, 2.75) is 76.0 Å². The molecule has 1 aromatic heterocycles. The van der Waals surface area contributed by atoms with Gasteiger partial charge in [-0.2, -0.15) is 5.10 Å². The molecule has 0 bridgehead atoms. The predicted octanol–water partition coefficient (Wildman–Crippen LogP) is 6.66. The first-order valence-corrected chi connectivity index (χ1v) is 13.3. The summed E-state index contributed by atoms with van der Waals surface area (Å²) in [5, 5.41) is 7.63. The number of nitrogens with zero attached hydrogens (tertiary/aromatic N) is 1. The molecule has 7 heteroatoms. The van der Waals surface area contributed by atoms with E-state index in [0.29, 0.717) is 18.2 Å². The molecule has 0 spiro atoms. The van der Waals surface area contributed by atoms with Crippen molar-refractivity contribution in [1.82, 2.24) is 10.2 Å². The average Bonchev–Trinajstić information content (AvgIpc) is 3.20. The predicted molar refractivity (Wildman–Crippen MR) is 131 cm³/mol. The van der Waals surface area contributed by atoms with Crippen LogP contribution in [0, 0.1) is 0 Å². The van der Waals surface area contributed by atoms with Crippen LogP contribution in [0.4, 0.5) is 5.82 Å². The summed E-state index contributed by atoms with van der Waals surface area (Å²) >= 11 is 0. The Morgan fingerprint density at radius 1 is 0.844 bits per heavy atom. The van der Waals surface area contributed by atoms with Crippen LogP contribution in [0.2, 0.25) is 0 Å². The normalized spacial score (nSPS) is 11.7. The van der Waals surface area contributed by atoms with Gasteiger partial charge in [0, 0.05) is 5.39 Å². The van der Waals surface area contributed by atoms with E-state index in [1.54, 1.807) is 24.3 Å². The highest BCUT2D eigenvalue weighted by atomic mass is 32.2. The van der Waals surface area contributed by atoms with Crippen LogP contribution in [0.3, 0.4) is 0 Å². The Balaban J connectivity index is 1.37. The van der Waals surface area contributed by atoms with Crippen molar-refractivity contribution in [3.05, 3.63) is 48.5 Å². The van der Waals surface area contributed by atoms with Gasteiger partial charge in [-0.05, 0) is 42.8 Å². The Bertz CT molecular complexity index is 1050. The molecule has 0 aliphatic carbocycles. The van der Waals surface area contributed by atoms with Crippen LogP contribution in [-0.2, 0) is 10.0 Å². The third kappa shape index (κ3) is 7.26. The number of aromatic amines is 1. The molecular formula is C25H35N3O3S. The lowest BCUT2D eigenvalue weighted by molar-refractivity contribution is 0.304. The van der Waals surface area contributed by atoms with Crippen LogP contribution in [0.1, 0.15) is 71.1 Å². The number of nitrogens with one attached hydrogen (secondary N) is 2. The van der Waals surface area contributed by atoms with Crippen molar-refractivity contribution in [3.8, 4) is 5.75 Å². The van der Waals surface area contributed by atoms with E-state index in [-0.39, 0.29) is 4.90 Å². The number of aromatic nitrogens is 2. The lowest BCUT2D eigenvalue weighted by Crippen LogP contribution is -2.13. The van der Waals surface area contributed by atoms with E-state index < -0.39 is 10.0 Å². The molecule has 32 heavy (non-hydrogen) atoms. The largest absolute Gasteiger partial charge is 0.494 e. The van der Waals surface area contributed by atoms with Gasteiger partial charge in [-0.3, -0.25) is 9.82 Å². The highest BCUT2D eigenvalue weighted by Crippen LogP contribution is 2.24. The van der Waals surface area contributed by atoms with Gasteiger partial charge in [-0.1, -0.05) is 76.8 Å². The van der Waals surface area contributed by atoms with Gasteiger partial charge in [0.05, 0.1) is 17.0 Å². The monoisotopic (exact) mass is 457 g/mol. The van der Waals surface area contributed by atoms with Gasteiger partial charge in [0.15, 0.2) is 5.82 Å². The second kappa shape index (κ2) is 12.5. The van der Waals surface area contributed by atoms with Crippen molar-refractivity contribution in [2.75, 3.05) is 11.3 Å². The number of para-hydroxylation sites is 1. The molecule has 0 saturated carbocycles. The van der Waals surface area contributed by atoms with E-state index in [2.05, 4.69) is 21.8 Å². The topological polar surface area (TPSA) is 84.1 Å². The fraction of sp³-hybridized carbons (Fsp3) is 0.480. The van der Waals surface area contributed by atoms with Crippen LogP contribution in [0.15, 0.2) is 53.4 Å². The summed E-state index contributed by atoms with van der Waals surface area (Å²) in [6.07, 6.45) is 12.8. The molecule has 2 aromatic carbocycles. The van der Waals surface area contributed by atoms with Crippen molar-refractivity contribution in [2.24, 2.45) is 0 Å². The highest BCUT2D eigenvalue weighted by Gasteiger charge is 2.17. The number of benzene rings is 2. The first-order chi connectivity index (χ1) is 15.6. The summed E-state index contributed by atoms with van der Waals surface area (Å²) in [6, 6.07) is 13.9. The molecule has 6 nitrogen and oxygen atoms in total. The van der Waals surface area contributed by atoms with Gasteiger partial charge in [-0.15, -0.1) is 0 Å². The summed E-state index contributed by atoms with van der Waals surface area (Å²) in [5.74, 6) is 0.979. The lowest BCUT2D eigenvalue weighted by Gasteiger charge is -2.09. The number of hydrogen-bond donors (Lipinski definition) is 2. The van der Waals surface area contributed by atoms with Gasteiger partial charge in [-0.25, -0.2) is 8.42 Å². The Morgan fingerprint density at radius 3 is 2.16 bits per heavy atom. The smallest absolute Gasteiger partial charge is 0.263 e. The van der Waals surface area contributed by atoms with Gasteiger partial charge in [0.25, 0.3) is 10.0 Å². The molecular weight excluding hydrogens is 422 g/mol. The SMILES string of the molecule is CCCCCCCCCCCCOc1ccc(S(=O)(=O)Nc2n[nH]c3ccccc23)cc1. The number of sulfonamides is 1. The molecule has 0 aliphatic rings. The Labute approximate surface area is 191 Å². The second-order valence-electron chi connectivity index (χ2n) is 8.23. The Morgan fingerprint density at radius 2 is 1.47 bits per heavy atom. The molecule has 3 aromatic rings. The molecule has 0 unspecified atom stereocenters. The van der Waals surface area contributed by atoms with Crippen LogP contribution in [0.25, 0.3) is 10.9 Å². The van der Waals surface area contributed by atoms with E-state index in [4.69, 9.17) is 4.74 Å². The van der Waals surface area contributed by atoms with E-state index in [1.165, 1.54) is 57.8 Å². The minimum absolute atomic E-state index is 0.177. The quantitative estimate of drug-likeness (QED) is 0.250. The van der Waals surface area contributed by atoms with Crippen LogP contribution in [-0.4, -0.2) is 25.2 Å². The van der Waals surface area contributed by atoms with Crippen LogP contribution >= 0.6 is 0 Å². The third-order valence-electron chi connectivity index (χ3n) is 5.60. The molecule has 1 heterocycles.